The molecule has 1 aromatic heterocycles. The van der Waals surface area contributed by atoms with Crippen molar-refractivity contribution < 1.29 is 9.84 Å². The highest BCUT2D eigenvalue weighted by molar-refractivity contribution is 7.07. The fourth-order valence-electron chi connectivity index (χ4n) is 2.27. The second kappa shape index (κ2) is 7.15. The molecule has 0 aliphatic rings. The fourth-order valence-corrected chi connectivity index (χ4v) is 2.81. The Morgan fingerprint density at radius 2 is 2.09 bits per heavy atom. The van der Waals surface area contributed by atoms with E-state index < -0.39 is 0 Å². The summed E-state index contributed by atoms with van der Waals surface area (Å²) in [5, 5.41) is 15.0. The number of aromatic nitrogens is 1. The van der Waals surface area contributed by atoms with Crippen molar-refractivity contribution in [3.8, 4) is 11.5 Å². The number of nitrogens with zero attached hydrogens (tertiary/aromatic N) is 1. The minimum atomic E-state index is 0.0795. The van der Waals surface area contributed by atoms with Gasteiger partial charge in [-0.3, -0.25) is 0 Å². The molecular formula is C18H18N2O2S. The van der Waals surface area contributed by atoms with E-state index in [4.69, 9.17) is 4.74 Å². The van der Waals surface area contributed by atoms with Gasteiger partial charge in [-0.25, -0.2) is 4.98 Å². The minimum Gasteiger partial charge on any atom is -0.508 e. The van der Waals surface area contributed by atoms with Crippen molar-refractivity contribution in [2.45, 2.75) is 19.6 Å². The van der Waals surface area contributed by atoms with Crippen LogP contribution in [0.15, 0.2) is 59.4 Å². The molecule has 1 heterocycles. The molecule has 2 aromatic carbocycles. The van der Waals surface area contributed by atoms with E-state index in [1.807, 2.05) is 41.8 Å². The zero-order valence-corrected chi connectivity index (χ0v) is 13.6. The molecule has 4 nitrogen and oxygen atoms in total. The first-order valence-electron chi connectivity index (χ1n) is 7.36. The normalized spacial score (nSPS) is 11.9. The van der Waals surface area contributed by atoms with Gasteiger partial charge in [0.1, 0.15) is 18.1 Å². The first-order valence-corrected chi connectivity index (χ1v) is 8.30. The quantitative estimate of drug-likeness (QED) is 0.695. The molecule has 0 aliphatic carbocycles. The van der Waals surface area contributed by atoms with Crippen molar-refractivity contribution >= 4 is 17.0 Å². The standard InChI is InChI=1S/C18H18N2O2S/c1-13(14-4-2-6-17(21)8-14)20-15-5-3-7-18(9-15)22-10-16-11-23-12-19-16/h2-9,11-13,20-21H,10H2,1H3/t13-/m1/s1. The van der Waals surface area contributed by atoms with Gasteiger partial charge in [0.05, 0.1) is 11.2 Å². The highest BCUT2D eigenvalue weighted by atomic mass is 32.1. The Labute approximate surface area is 139 Å². The first kappa shape index (κ1) is 15.4. The maximum atomic E-state index is 9.58. The number of phenolic OH excluding ortho intramolecular Hbond substituents is 1. The summed E-state index contributed by atoms with van der Waals surface area (Å²) in [5.41, 5.74) is 4.73. The number of thiazole rings is 1. The number of aromatic hydroxyl groups is 1. The van der Waals surface area contributed by atoms with E-state index in [-0.39, 0.29) is 11.8 Å². The summed E-state index contributed by atoms with van der Waals surface area (Å²) in [6, 6.07) is 15.2. The third-order valence-corrected chi connectivity index (χ3v) is 4.09. The summed E-state index contributed by atoms with van der Waals surface area (Å²) < 4.78 is 5.76. The lowest BCUT2D eigenvalue weighted by molar-refractivity contribution is 0.302. The predicted octanol–water partition coefficient (Wildman–Crippen LogP) is 4.60. The van der Waals surface area contributed by atoms with Crippen LogP contribution < -0.4 is 10.1 Å². The molecule has 0 spiro atoms. The molecule has 3 aromatic rings. The molecule has 3 rings (SSSR count). The lowest BCUT2D eigenvalue weighted by Gasteiger charge is -2.16. The van der Waals surface area contributed by atoms with Crippen LogP contribution in [-0.2, 0) is 6.61 Å². The fraction of sp³-hybridized carbons (Fsp3) is 0.167. The Bertz CT molecular complexity index is 759. The third kappa shape index (κ3) is 4.23. The SMILES string of the molecule is C[C@@H](Nc1cccc(OCc2cscn2)c1)c1cccc(O)c1. The number of anilines is 1. The number of nitrogens with one attached hydrogen (secondary N) is 1. The van der Waals surface area contributed by atoms with Crippen molar-refractivity contribution in [3.63, 3.8) is 0 Å². The average Bonchev–Trinajstić information content (AvgIpc) is 3.07. The Morgan fingerprint density at radius 3 is 2.87 bits per heavy atom. The van der Waals surface area contributed by atoms with Crippen LogP contribution in [0.5, 0.6) is 11.5 Å². The highest BCUT2D eigenvalue weighted by Crippen LogP contribution is 2.25. The van der Waals surface area contributed by atoms with Crippen molar-refractivity contribution in [1.29, 1.82) is 0 Å². The second-order valence-electron chi connectivity index (χ2n) is 5.26. The largest absolute Gasteiger partial charge is 0.508 e. The summed E-state index contributed by atoms with van der Waals surface area (Å²) >= 11 is 1.56. The molecule has 0 saturated carbocycles. The number of hydrogen-bond acceptors (Lipinski definition) is 5. The van der Waals surface area contributed by atoms with Gasteiger partial charge in [0, 0.05) is 23.2 Å². The monoisotopic (exact) mass is 326 g/mol. The summed E-state index contributed by atoms with van der Waals surface area (Å²) in [5.74, 6) is 1.07. The molecular weight excluding hydrogens is 308 g/mol. The zero-order chi connectivity index (χ0) is 16.1. The number of benzene rings is 2. The molecule has 118 valence electrons. The minimum absolute atomic E-state index is 0.0795. The highest BCUT2D eigenvalue weighted by Gasteiger charge is 2.07. The number of ether oxygens (including phenoxy) is 1. The second-order valence-corrected chi connectivity index (χ2v) is 5.98. The Morgan fingerprint density at radius 1 is 1.22 bits per heavy atom. The van der Waals surface area contributed by atoms with Crippen LogP contribution in [0.3, 0.4) is 0 Å². The third-order valence-electron chi connectivity index (χ3n) is 3.46. The van der Waals surface area contributed by atoms with Crippen LogP contribution in [0.2, 0.25) is 0 Å². The average molecular weight is 326 g/mol. The van der Waals surface area contributed by atoms with Crippen molar-refractivity contribution in [1.82, 2.24) is 4.98 Å². The van der Waals surface area contributed by atoms with E-state index in [0.717, 1.165) is 22.7 Å². The van der Waals surface area contributed by atoms with Crippen LogP contribution in [0.25, 0.3) is 0 Å². The van der Waals surface area contributed by atoms with Crippen LogP contribution in [0.1, 0.15) is 24.2 Å². The first-order chi connectivity index (χ1) is 11.2. The molecule has 0 amide bonds. The van der Waals surface area contributed by atoms with Gasteiger partial charge in [0.25, 0.3) is 0 Å². The predicted molar refractivity (Wildman–Crippen MR) is 93.0 cm³/mol. The van der Waals surface area contributed by atoms with Crippen LogP contribution in [0, 0.1) is 0 Å². The van der Waals surface area contributed by atoms with Crippen LogP contribution in [0.4, 0.5) is 5.69 Å². The Kier molecular flexibility index (Phi) is 4.78. The maximum Gasteiger partial charge on any atom is 0.131 e. The van der Waals surface area contributed by atoms with Gasteiger partial charge in [-0.05, 0) is 36.8 Å². The van der Waals surface area contributed by atoms with Gasteiger partial charge in [0.2, 0.25) is 0 Å². The Hall–Kier alpha value is -2.53. The number of hydrogen-bond donors (Lipinski definition) is 2. The summed E-state index contributed by atoms with van der Waals surface area (Å²) in [4.78, 5) is 4.20. The van der Waals surface area contributed by atoms with Crippen molar-refractivity contribution in [2.75, 3.05) is 5.32 Å². The summed E-state index contributed by atoms with van der Waals surface area (Å²) in [6.07, 6.45) is 0. The van der Waals surface area contributed by atoms with Crippen molar-refractivity contribution in [3.05, 3.63) is 70.7 Å². The molecule has 0 saturated heterocycles. The summed E-state index contributed by atoms with van der Waals surface area (Å²) in [7, 11) is 0. The molecule has 23 heavy (non-hydrogen) atoms. The van der Waals surface area contributed by atoms with E-state index in [0.29, 0.717) is 6.61 Å². The topological polar surface area (TPSA) is 54.4 Å². The number of rotatable bonds is 6. The van der Waals surface area contributed by atoms with Crippen molar-refractivity contribution in [2.24, 2.45) is 0 Å². The molecule has 1 atom stereocenters. The van der Waals surface area contributed by atoms with Gasteiger partial charge in [-0.1, -0.05) is 18.2 Å². The van der Waals surface area contributed by atoms with E-state index >= 15 is 0 Å². The zero-order valence-electron chi connectivity index (χ0n) is 12.8. The van der Waals surface area contributed by atoms with Gasteiger partial charge in [0.15, 0.2) is 0 Å². The van der Waals surface area contributed by atoms with E-state index in [1.54, 1.807) is 29.0 Å². The van der Waals surface area contributed by atoms with Gasteiger partial charge in [-0.2, -0.15) is 0 Å². The van der Waals surface area contributed by atoms with Crippen LogP contribution in [-0.4, -0.2) is 10.1 Å². The molecule has 0 bridgehead atoms. The van der Waals surface area contributed by atoms with E-state index in [1.165, 1.54) is 0 Å². The molecule has 2 N–H and O–H groups in total. The Balaban J connectivity index is 1.65. The van der Waals surface area contributed by atoms with Crippen LogP contribution >= 0.6 is 11.3 Å². The maximum absolute atomic E-state index is 9.58. The van der Waals surface area contributed by atoms with E-state index in [9.17, 15) is 5.11 Å². The molecule has 0 unspecified atom stereocenters. The van der Waals surface area contributed by atoms with E-state index in [2.05, 4.69) is 17.2 Å². The number of phenols is 1. The molecule has 0 radical (unpaired) electrons. The summed E-state index contributed by atoms with van der Waals surface area (Å²) in [6.45, 7) is 2.52. The molecule has 0 fully saturated rings. The van der Waals surface area contributed by atoms with Gasteiger partial charge < -0.3 is 15.2 Å². The lowest BCUT2D eigenvalue weighted by Crippen LogP contribution is -2.06. The van der Waals surface area contributed by atoms with Gasteiger partial charge in [-0.15, -0.1) is 11.3 Å². The molecule has 5 heteroatoms. The smallest absolute Gasteiger partial charge is 0.131 e. The van der Waals surface area contributed by atoms with Gasteiger partial charge >= 0.3 is 0 Å². The lowest BCUT2D eigenvalue weighted by atomic mass is 10.1. The molecule has 0 aliphatic heterocycles.